The predicted molar refractivity (Wildman–Crippen MR) is 161 cm³/mol. The fourth-order valence-electron chi connectivity index (χ4n) is 5.34. The number of hydrogen-bond donors (Lipinski definition) is 1. The Hall–Kier alpha value is -5.49. The lowest BCUT2D eigenvalue weighted by atomic mass is 10.0. The second-order valence-electron chi connectivity index (χ2n) is 10.9. The van der Waals surface area contributed by atoms with Gasteiger partial charge in [0.25, 0.3) is 0 Å². The molecule has 0 radical (unpaired) electrons. The Bertz CT molecular complexity index is 2070. The summed E-state index contributed by atoms with van der Waals surface area (Å²) in [6.45, 7) is 1.12. The van der Waals surface area contributed by atoms with Gasteiger partial charge in [0.15, 0.2) is 0 Å². The van der Waals surface area contributed by atoms with Gasteiger partial charge < -0.3 is 19.1 Å². The largest absolute Gasteiger partial charge is 0.478 e. The van der Waals surface area contributed by atoms with Crippen molar-refractivity contribution in [3.8, 4) is 22.8 Å². The Balaban J connectivity index is 1.10. The summed E-state index contributed by atoms with van der Waals surface area (Å²) >= 11 is 0. The van der Waals surface area contributed by atoms with Crippen LogP contribution >= 0.6 is 0 Å². The number of hydrogen-bond acceptors (Lipinski definition) is 6. The summed E-state index contributed by atoms with van der Waals surface area (Å²) in [4.78, 5) is 20.6. The molecule has 46 heavy (non-hydrogen) atoms. The second kappa shape index (κ2) is 12.1. The third-order valence-electron chi connectivity index (χ3n) is 7.84. The number of carboxylic acids is 1. The van der Waals surface area contributed by atoms with E-state index >= 15 is 8.78 Å². The van der Waals surface area contributed by atoms with E-state index in [9.17, 15) is 14.3 Å². The van der Waals surface area contributed by atoms with Crippen LogP contribution < -0.4 is 4.74 Å². The van der Waals surface area contributed by atoms with E-state index in [0.717, 1.165) is 18.6 Å². The molecular formula is C34H26F3N5O4. The first-order valence-corrected chi connectivity index (χ1v) is 14.5. The monoisotopic (exact) mass is 625 g/mol. The number of nitrogens with zero attached hydrogens (tertiary/aromatic N) is 5. The van der Waals surface area contributed by atoms with Crippen molar-refractivity contribution >= 4 is 17.0 Å². The van der Waals surface area contributed by atoms with Crippen LogP contribution in [0, 0.1) is 17.5 Å². The number of aromatic carboxylic acids is 1. The van der Waals surface area contributed by atoms with Crippen molar-refractivity contribution in [3.63, 3.8) is 0 Å². The van der Waals surface area contributed by atoms with Crippen molar-refractivity contribution in [1.29, 1.82) is 0 Å². The van der Waals surface area contributed by atoms with E-state index in [2.05, 4.69) is 15.1 Å². The summed E-state index contributed by atoms with van der Waals surface area (Å²) in [5, 5.41) is 13.9. The second-order valence-corrected chi connectivity index (χ2v) is 10.9. The molecule has 0 amide bonds. The van der Waals surface area contributed by atoms with E-state index in [1.165, 1.54) is 24.3 Å². The van der Waals surface area contributed by atoms with Crippen molar-refractivity contribution < 1.29 is 32.5 Å². The Kier molecular flexibility index (Phi) is 7.71. The third kappa shape index (κ3) is 5.94. The van der Waals surface area contributed by atoms with E-state index in [4.69, 9.17) is 9.47 Å². The zero-order valence-electron chi connectivity index (χ0n) is 24.2. The molecule has 0 saturated carbocycles. The first kappa shape index (κ1) is 29.2. The number of aromatic nitrogens is 5. The van der Waals surface area contributed by atoms with Crippen LogP contribution in [0.15, 0.2) is 85.1 Å². The van der Waals surface area contributed by atoms with E-state index in [0.29, 0.717) is 41.4 Å². The van der Waals surface area contributed by atoms with Crippen LogP contribution in [0.25, 0.3) is 28.0 Å². The fourth-order valence-corrected chi connectivity index (χ4v) is 5.34. The highest BCUT2D eigenvalue weighted by atomic mass is 19.1. The molecule has 1 unspecified atom stereocenters. The average Bonchev–Trinajstić information content (AvgIpc) is 3.64. The van der Waals surface area contributed by atoms with E-state index in [1.54, 1.807) is 53.3 Å². The van der Waals surface area contributed by atoms with Gasteiger partial charge in [0.2, 0.25) is 5.88 Å². The molecule has 1 fully saturated rings. The number of carbonyl (C=O) groups is 1. The predicted octanol–water partition coefficient (Wildman–Crippen LogP) is 6.36. The number of ether oxygens (including phenoxy) is 2. The minimum Gasteiger partial charge on any atom is -0.478 e. The fraction of sp³-hybridized carbons (Fsp3) is 0.176. The summed E-state index contributed by atoms with van der Waals surface area (Å²) in [6.07, 6.45) is 2.47. The zero-order valence-corrected chi connectivity index (χ0v) is 24.2. The molecule has 4 heterocycles. The number of rotatable bonds is 10. The summed E-state index contributed by atoms with van der Waals surface area (Å²) in [5.41, 5.74) is 2.77. The summed E-state index contributed by atoms with van der Waals surface area (Å²) < 4.78 is 59.1. The molecular weight excluding hydrogens is 599 g/mol. The molecule has 0 bridgehead atoms. The Morgan fingerprint density at radius 1 is 0.978 bits per heavy atom. The molecule has 9 nitrogen and oxygen atoms in total. The minimum atomic E-state index is -1.07. The lowest BCUT2D eigenvalue weighted by Crippen LogP contribution is -2.31. The molecule has 1 saturated heterocycles. The Morgan fingerprint density at radius 2 is 1.80 bits per heavy atom. The zero-order chi connectivity index (χ0) is 31.8. The third-order valence-corrected chi connectivity index (χ3v) is 7.84. The van der Waals surface area contributed by atoms with Crippen LogP contribution in [0.3, 0.4) is 0 Å². The maximum absolute atomic E-state index is 15.5. The summed E-state index contributed by atoms with van der Waals surface area (Å²) in [6, 6.07) is 19.3. The SMILES string of the molecule is O=C(O)c1ccc2nc(Cc3cc(F)c(-c4cccc(OCc5ccn(-c6ccc(F)cc6)n5)n4)cc3F)n(CC3CCO3)c2c1. The molecule has 7 rings (SSSR count). The molecule has 3 aromatic heterocycles. The molecule has 1 N–H and O–H groups in total. The van der Waals surface area contributed by atoms with Gasteiger partial charge in [-0.2, -0.15) is 5.10 Å². The van der Waals surface area contributed by atoms with Gasteiger partial charge >= 0.3 is 5.97 Å². The van der Waals surface area contributed by atoms with Crippen molar-refractivity contribution in [2.75, 3.05) is 6.61 Å². The molecule has 1 aliphatic heterocycles. The highest BCUT2D eigenvalue weighted by Crippen LogP contribution is 2.29. The number of benzene rings is 3. The van der Waals surface area contributed by atoms with Gasteiger partial charge in [-0.25, -0.2) is 32.6 Å². The van der Waals surface area contributed by atoms with Crippen LogP contribution in [-0.4, -0.2) is 48.1 Å². The smallest absolute Gasteiger partial charge is 0.335 e. The van der Waals surface area contributed by atoms with Crippen molar-refractivity contribution in [2.45, 2.75) is 32.1 Å². The van der Waals surface area contributed by atoms with Crippen molar-refractivity contribution in [2.24, 2.45) is 0 Å². The van der Waals surface area contributed by atoms with Crippen LogP contribution in [0.2, 0.25) is 0 Å². The molecule has 0 spiro atoms. The maximum Gasteiger partial charge on any atom is 0.335 e. The number of imidazole rings is 1. The normalized spacial score (nSPS) is 14.4. The molecule has 1 aliphatic rings. The lowest BCUT2D eigenvalue weighted by Gasteiger charge is -2.27. The standard InChI is InChI=1S/C34H26F3N5O4/c35-22-5-7-24(8-6-22)42-12-10-23(40-42)19-46-33-3-1-2-29(39-33)26-17-27(36)21(14-28(26)37)16-32-38-30-9-4-20(34(43)44)15-31(30)41(32)18-25-11-13-45-25/h1-10,12,14-15,17,25H,11,13,16,18-19H2,(H,43,44). The van der Waals surface area contributed by atoms with Gasteiger partial charge in [-0.1, -0.05) is 6.07 Å². The first-order valence-electron chi connectivity index (χ1n) is 14.5. The van der Waals surface area contributed by atoms with Crippen molar-refractivity contribution in [1.82, 2.24) is 24.3 Å². The van der Waals surface area contributed by atoms with E-state index < -0.39 is 17.6 Å². The topological polar surface area (TPSA) is 104 Å². The highest BCUT2D eigenvalue weighted by Gasteiger charge is 2.24. The number of carboxylic acid groups (broad SMARTS) is 1. The van der Waals surface area contributed by atoms with Gasteiger partial charge in [0, 0.05) is 30.9 Å². The average molecular weight is 626 g/mol. The van der Waals surface area contributed by atoms with E-state index in [-0.39, 0.29) is 53.2 Å². The number of fused-ring (bicyclic) bond motifs is 1. The Morgan fingerprint density at radius 3 is 2.57 bits per heavy atom. The minimum absolute atomic E-state index is 0.0199. The van der Waals surface area contributed by atoms with Gasteiger partial charge in [-0.3, -0.25) is 0 Å². The van der Waals surface area contributed by atoms with Gasteiger partial charge in [0.1, 0.15) is 35.6 Å². The van der Waals surface area contributed by atoms with Gasteiger partial charge in [-0.05, 0) is 78.7 Å². The molecule has 3 aromatic carbocycles. The van der Waals surface area contributed by atoms with Crippen molar-refractivity contribution in [3.05, 3.63) is 125 Å². The highest BCUT2D eigenvalue weighted by molar-refractivity contribution is 5.92. The molecule has 12 heteroatoms. The molecule has 1 atom stereocenters. The number of pyridine rings is 1. The van der Waals surface area contributed by atoms with Gasteiger partial charge in [0.05, 0.1) is 40.6 Å². The molecule has 232 valence electrons. The van der Waals surface area contributed by atoms with Crippen LogP contribution in [-0.2, 0) is 24.3 Å². The summed E-state index contributed by atoms with van der Waals surface area (Å²) in [7, 11) is 0. The van der Waals surface area contributed by atoms with Crippen LogP contribution in [0.1, 0.15) is 33.9 Å². The maximum atomic E-state index is 15.5. The van der Waals surface area contributed by atoms with Crippen LogP contribution in [0.5, 0.6) is 5.88 Å². The number of halogens is 3. The molecule has 6 aromatic rings. The van der Waals surface area contributed by atoms with Gasteiger partial charge in [-0.15, -0.1) is 0 Å². The molecule has 0 aliphatic carbocycles. The summed E-state index contributed by atoms with van der Waals surface area (Å²) in [5.74, 6) is -2.05. The van der Waals surface area contributed by atoms with E-state index in [1.807, 2.05) is 4.57 Å². The quantitative estimate of drug-likeness (QED) is 0.189. The lowest BCUT2D eigenvalue weighted by molar-refractivity contribution is -0.0589. The van der Waals surface area contributed by atoms with Crippen LogP contribution in [0.4, 0.5) is 13.2 Å². The Labute approximate surface area is 260 Å². The first-order chi connectivity index (χ1) is 22.3.